The van der Waals surface area contributed by atoms with Crippen molar-refractivity contribution in [3.8, 4) is 22.8 Å². The number of anilines is 1. The molecule has 168 valence electrons. The third-order valence-electron chi connectivity index (χ3n) is 5.37. The quantitative estimate of drug-likeness (QED) is 0.439. The van der Waals surface area contributed by atoms with Gasteiger partial charge in [0.25, 0.3) is 0 Å². The maximum Gasteiger partial charge on any atom is 0.232 e. The molecule has 0 atom stereocenters. The lowest BCUT2D eigenvalue weighted by molar-refractivity contribution is -0.114. The summed E-state index contributed by atoms with van der Waals surface area (Å²) in [5.74, 6) is 1.71. The van der Waals surface area contributed by atoms with Crippen molar-refractivity contribution in [3.63, 3.8) is 0 Å². The molecule has 8 heteroatoms. The van der Waals surface area contributed by atoms with Crippen LogP contribution in [0.1, 0.15) is 12.7 Å². The van der Waals surface area contributed by atoms with Crippen LogP contribution in [-0.4, -0.2) is 47.1 Å². The third-order valence-corrected chi connectivity index (χ3v) is 6.24. The SMILES string of the molecule is CC(=O)Nc1cccc(Oc2nc(CN3CCOCC3)nc3scc(-c4ccccc4)c23)c1. The molecule has 2 aromatic heterocycles. The van der Waals surface area contributed by atoms with Crippen LogP contribution in [0.15, 0.2) is 60.0 Å². The normalized spacial score (nSPS) is 14.3. The van der Waals surface area contributed by atoms with Crippen molar-refractivity contribution in [1.82, 2.24) is 14.9 Å². The van der Waals surface area contributed by atoms with E-state index in [2.05, 4.69) is 27.7 Å². The number of morpholine rings is 1. The Morgan fingerprint density at radius 1 is 1.12 bits per heavy atom. The number of carbonyl (C=O) groups excluding carboxylic acids is 1. The van der Waals surface area contributed by atoms with Gasteiger partial charge < -0.3 is 14.8 Å². The number of thiophene rings is 1. The molecule has 0 unspecified atom stereocenters. The summed E-state index contributed by atoms with van der Waals surface area (Å²) in [6, 6.07) is 17.5. The lowest BCUT2D eigenvalue weighted by atomic mass is 10.1. The van der Waals surface area contributed by atoms with E-state index in [1.807, 2.05) is 36.4 Å². The van der Waals surface area contributed by atoms with Gasteiger partial charge in [-0.15, -0.1) is 11.3 Å². The number of rotatable bonds is 6. The van der Waals surface area contributed by atoms with Gasteiger partial charge in [-0.3, -0.25) is 9.69 Å². The standard InChI is InChI=1S/C25H24N4O3S/c1-17(30)26-19-8-5-9-20(14-19)32-24-23-21(18-6-3-2-4-7-18)16-33-25(23)28-22(27-24)15-29-10-12-31-13-11-29/h2-9,14,16H,10-13,15H2,1H3,(H,26,30). The molecule has 1 fully saturated rings. The van der Waals surface area contributed by atoms with Crippen molar-refractivity contribution >= 4 is 33.1 Å². The van der Waals surface area contributed by atoms with E-state index in [0.29, 0.717) is 23.9 Å². The zero-order valence-corrected chi connectivity index (χ0v) is 19.1. The zero-order valence-electron chi connectivity index (χ0n) is 18.3. The maximum atomic E-state index is 11.5. The number of carbonyl (C=O) groups is 1. The van der Waals surface area contributed by atoms with Crippen molar-refractivity contribution in [3.05, 3.63) is 65.8 Å². The molecule has 0 bridgehead atoms. The molecule has 3 heterocycles. The van der Waals surface area contributed by atoms with Crippen LogP contribution in [-0.2, 0) is 16.1 Å². The van der Waals surface area contributed by atoms with E-state index >= 15 is 0 Å². The first-order chi connectivity index (χ1) is 16.2. The summed E-state index contributed by atoms with van der Waals surface area (Å²) in [6.07, 6.45) is 0. The van der Waals surface area contributed by atoms with E-state index in [9.17, 15) is 4.79 Å². The monoisotopic (exact) mass is 460 g/mol. The lowest BCUT2D eigenvalue weighted by Crippen LogP contribution is -2.36. The summed E-state index contributed by atoms with van der Waals surface area (Å²) in [5, 5.41) is 5.79. The first kappa shape index (κ1) is 21.5. The second kappa shape index (κ2) is 9.66. The number of hydrogen-bond acceptors (Lipinski definition) is 7. The van der Waals surface area contributed by atoms with Crippen molar-refractivity contribution in [2.24, 2.45) is 0 Å². The highest BCUT2D eigenvalue weighted by Crippen LogP contribution is 2.39. The average Bonchev–Trinajstić information content (AvgIpc) is 3.24. The van der Waals surface area contributed by atoms with Crippen LogP contribution in [0.3, 0.4) is 0 Å². The minimum atomic E-state index is -0.131. The molecule has 1 aliphatic rings. The van der Waals surface area contributed by atoms with Crippen molar-refractivity contribution in [1.29, 1.82) is 0 Å². The fourth-order valence-corrected chi connectivity index (χ4v) is 4.79. The molecule has 5 rings (SSSR count). The molecule has 0 spiro atoms. The Hall–Kier alpha value is -3.33. The molecule has 33 heavy (non-hydrogen) atoms. The molecule has 4 aromatic rings. The Morgan fingerprint density at radius 3 is 2.73 bits per heavy atom. The van der Waals surface area contributed by atoms with Crippen LogP contribution in [0.5, 0.6) is 11.6 Å². The van der Waals surface area contributed by atoms with Crippen LogP contribution in [0, 0.1) is 0 Å². The summed E-state index contributed by atoms with van der Waals surface area (Å²) >= 11 is 1.59. The fraction of sp³-hybridized carbons (Fsp3) is 0.240. The highest BCUT2D eigenvalue weighted by atomic mass is 32.1. The first-order valence-electron chi connectivity index (χ1n) is 10.8. The van der Waals surface area contributed by atoms with Crippen molar-refractivity contribution in [2.75, 3.05) is 31.6 Å². The van der Waals surface area contributed by atoms with Gasteiger partial charge in [0, 0.05) is 42.7 Å². The largest absolute Gasteiger partial charge is 0.438 e. The van der Waals surface area contributed by atoms with E-state index in [-0.39, 0.29) is 5.91 Å². The smallest absolute Gasteiger partial charge is 0.232 e. The van der Waals surface area contributed by atoms with E-state index in [1.54, 1.807) is 17.4 Å². The second-order valence-electron chi connectivity index (χ2n) is 7.84. The lowest BCUT2D eigenvalue weighted by Gasteiger charge is -2.25. The van der Waals surface area contributed by atoms with Crippen molar-refractivity contribution in [2.45, 2.75) is 13.5 Å². The van der Waals surface area contributed by atoms with Crippen LogP contribution in [0.25, 0.3) is 21.3 Å². The highest BCUT2D eigenvalue weighted by molar-refractivity contribution is 7.17. The number of nitrogens with one attached hydrogen (secondary N) is 1. The predicted octanol–water partition coefficient (Wildman–Crippen LogP) is 4.94. The number of hydrogen-bond donors (Lipinski definition) is 1. The third kappa shape index (κ3) is 5.03. The molecule has 1 amide bonds. The van der Waals surface area contributed by atoms with Crippen LogP contribution in [0.2, 0.25) is 0 Å². The van der Waals surface area contributed by atoms with Gasteiger partial charge in [-0.05, 0) is 17.7 Å². The predicted molar refractivity (Wildman–Crippen MR) is 130 cm³/mol. The minimum Gasteiger partial charge on any atom is -0.438 e. The van der Waals surface area contributed by atoms with Crippen LogP contribution in [0.4, 0.5) is 5.69 Å². The molecule has 0 radical (unpaired) electrons. The van der Waals surface area contributed by atoms with Gasteiger partial charge in [-0.1, -0.05) is 36.4 Å². The Kier molecular flexibility index (Phi) is 6.30. The molecule has 7 nitrogen and oxygen atoms in total. The summed E-state index contributed by atoms with van der Waals surface area (Å²) in [6.45, 7) is 5.28. The summed E-state index contributed by atoms with van der Waals surface area (Å²) in [7, 11) is 0. The fourth-order valence-electron chi connectivity index (χ4n) is 3.84. The Bertz CT molecular complexity index is 1270. The van der Waals surface area contributed by atoms with Gasteiger partial charge in [0.15, 0.2) is 0 Å². The van der Waals surface area contributed by atoms with Gasteiger partial charge >= 0.3 is 0 Å². The van der Waals surface area contributed by atoms with Crippen molar-refractivity contribution < 1.29 is 14.3 Å². The Balaban J connectivity index is 1.56. The zero-order chi connectivity index (χ0) is 22.6. The molecular formula is C25H24N4O3S. The first-order valence-corrected chi connectivity index (χ1v) is 11.7. The molecule has 1 saturated heterocycles. The number of amides is 1. The van der Waals surface area contributed by atoms with E-state index in [1.165, 1.54) is 6.92 Å². The number of benzene rings is 2. The summed E-state index contributed by atoms with van der Waals surface area (Å²) in [4.78, 5) is 24.4. The van der Waals surface area contributed by atoms with Gasteiger partial charge in [-0.25, -0.2) is 4.98 Å². The Morgan fingerprint density at radius 2 is 1.94 bits per heavy atom. The number of aromatic nitrogens is 2. The van der Waals surface area contributed by atoms with Gasteiger partial charge in [0.1, 0.15) is 16.4 Å². The topological polar surface area (TPSA) is 76.6 Å². The molecule has 0 saturated carbocycles. The average molecular weight is 461 g/mol. The van der Waals surface area contributed by atoms with Crippen LogP contribution >= 0.6 is 11.3 Å². The molecule has 1 N–H and O–H groups in total. The minimum absolute atomic E-state index is 0.131. The number of ether oxygens (including phenoxy) is 2. The molecule has 2 aromatic carbocycles. The maximum absolute atomic E-state index is 11.5. The molecular weight excluding hydrogens is 436 g/mol. The summed E-state index contributed by atoms with van der Waals surface area (Å²) < 4.78 is 11.8. The molecule has 0 aliphatic carbocycles. The number of fused-ring (bicyclic) bond motifs is 1. The highest BCUT2D eigenvalue weighted by Gasteiger charge is 2.19. The van der Waals surface area contributed by atoms with Gasteiger partial charge in [0.2, 0.25) is 11.8 Å². The van der Waals surface area contributed by atoms with Crippen LogP contribution < -0.4 is 10.1 Å². The molecule has 1 aliphatic heterocycles. The number of nitrogens with zero attached hydrogens (tertiary/aromatic N) is 3. The van der Waals surface area contributed by atoms with E-state index in [4.69, 9.17) is 19.4 Å². The van der Waals surface area contributed by atoms with E-state index in [0.717, 1.165) is 53.5 Å². The van der Waals surface area contributed by atoms with Gasteiger partial charge in [-0.2, -0.15) is 4.98 Å². The Labute approximate surface area is 196 Å². The van der Waals surface area contributed by atoms with E-state index < -0.39 is 0 Å². The second-order valence-corrected chi connectivity index (χ2v) is 8.70. The summed E-state index contributed by atoms with van der Waals surface area (Å²) in [5.41, 5.74) is 2.80. The van der Waals surface area contributed by atoms with Gasteiger partial charge in [0.05, 0.1) is 25.1 Å².